The normalized spacial score (nSPS) is 11.2. The smallest absolute Gasteiger partial charge is 0.248 e. The van der Waals surface area contributed by atoms with Crippen LogP contribution in [0.3, 0.4) is 0 Å². The van der Waals surface area contributed by atoms with Gasteiger partial charge in [-0.05, 0) is 115 Å². The molecule has 3 heterocycles. The number of carbonyl (C=O) groups excluding carboxylic acids is 2. The average molecular weight is 933 g/mol. The Morgan fingerprint density at radius 1 is 0.522 bits per heavy atom. The zero-order valence-electron chi connectivity index (χ0n) is 38.7. The maximum atomic E-state index is 12.7. The molecule has 0 bridgehead atoms. The number of nitrogens with one attached hydrogen (secondary N) is 5. The Bertz CT molecular complexity index is 3560. The van der Waals surface area contributed by atoms with Gasteiger partial charge in [0.15, 0.2) is 15.6 Å². The molecule has 3 aromatic heterocycles. The van der Waals surface area contributed by atoms with Crippen LogP contribution < -0.4 is 10.6 Å². The summed E-state index contributed by atoms with van der Waals surface area (Å²) in [5.41, 5.74) is 13.7. The van der Waals surface area contributed by atoms with Gasteiger partial charge in [-0.2, -0.15) is 15.3 Å². The summed E-state index contributed by atoms with van der Waals surface area (Å²) in [5, 5.41) is 31.4. The van der Waals surface area contributed by atoms with Gasteiger partial charge in [-0.15, -0.1) is 0 Å². The summed E-state index contributed by atoms with van der Waals surface area (Å²) in [6.45, 7) is 5.69. The van der Waals surface area contributed by atoms with Gasteiger partial charge in [0.05, 0.1) is 44.3 Å². The molecule has 0 atom stereocenters. The number of carbonyl (C=O) groups is 2. The SMILES string of the molecule is CCc1ccc2[nH]nc(-c3cccc(NC(=O)/C=C\C(C)=O)c3)c2c1.CCc1cccc(-c2n[nH]c3ccccc23)c1.CNc1cccc(-c2n[nH]c3ccc(CS(=O)(=O)c4ccccc4)cc23)c1. The number of aromatic nitrogens is 6. The van der Waals surface area contributed by atoms with Gasteiger partial charge in [-0.25, -0.2) is 8.42 Å². The number of amides is 1. The minimum atomic E-state index is -3.39. The number of fused-ring (bicyclic) bond motifs is 3. The van der Waals surface area contributed by atoms with Crippen LogP contribution in [-0.4, -0.2) is 57.7 Å². The average Bonchev–Trinajstić information content (AvgIpc) is 4.13. The van der Waals surface area contributed by atoms with Crippen LogP contribution in [0.5, 0.6) is 0 Å². The van der Waals surface area contributed by atoms with Gasteiger partial charge in [0.2, 0.25) is 5.91 Å². The third-order valence-electron chi connectivity index (χ3n) is 11.5. The van der Waals surface area contributed by atoms with Crippen LogP contribution in [0.4, 0.5) is 11.4 Å². The number of nitrogens with zero attached hydrogens (tertiary/aromatic N) is 3. The molecule has 13 heteroatoms. The molecular formula is C56H52N8O4S. The number of hydrogen-bond acceptors (Lipinski definition) is 8. The molecule has 0 saturated heterocycles. The van der Waals surface area contributed by atoms with Crippen molar-refractivity contribution < 1.29 is 18.0 Å². The highest BCUT2D eigenvalue weighted by Gasteiger charge is 2.17. The Kier molecular flexibility index (Phi) is 14.7. The van der Waals surface area contributed by atoms with Crippen molar-refractivity contribution in [3.05, 3.63) is 193 Å². The molecular weight excluding hydrogens is 881 g/mol. The summed E-state index contributed by atoms with van der Waals surface area (Å²) < 4.78 is 25.4. The van der Waals surface area contributed by atoms with Gasteiger partial charge in [0.1, 0.15) is 0 Å². The fraction of sp³-hybridized carbons (Fsp3) is 0.125. The number of aromatic amines is 3. The topological polar surface area (TPSA) is 178 Å². The Labute approximate surface area is 400 Å². The van der Waals surface area contributed by atoms with E-state index in [4.69, 9.17) is 0 Å². The van der Waals surface area contributed by atoms with Crippen LogP contribution in [0.2, 0.25) is 0 Å². The molecule has 0 aliphatic carbocycles. The largest absolute Gasteiger partial charge is 0.388 e. The first-order chi connectivity index (χ1) is 33.5. The quantitative estimate of drug-likeness (QED) is 0.0751. The summed E-state index contributed by atoms with van der Waals surface area (Å²) in [5.74, 6) is -0.556. The van der Waals surface area contributed by atoms with E-state index in [1.54, 1.807) is 30.3 Å². The molecule has 0 fully saturated rings. The fourth-order valence-electron chi connectivity index (χ4n) is 7.87. The second kappa shape index (κ2) is 21.5. The summed E-state index contributed by atoms with van der Waals surface area (Å²) in [7, 11) is -1.52. The van der Waals surface area contributed by atoms with Crippen LogP contribution in [0.1, 0.15) is 37.5 Å². The van der Waals surface area contributed by atoms with E-state index in [0.717, 1.165) is 79.6 Å². The number of aryl methyl sites for hydroxylation is 2. The van der Waals surface area contributed by atoms with Crippen LogP contribution >= 0.6 is 0 Å². The number of benzene rings is 7. The molecule has 0 spiro atoms. The lowest BCUT2D eigenvalue weighted by atomic mass is 10.0. The van der Waals surface area contributed by atoms with Crippen molar-refractivity contribution in [3.63, 3.8) is 0 Å². The molecule has 69 heavy (non-hydrogen) atoms. The van der Waals surface area contributed by atoms with Gasteiger partial charge < -0.3 is 10.6 Å². The van der Waals surface area contributed by atoms with Crippen molar-refractivity contribution in [2.45, 2.75) is 44.3 Å². The molecule has 0 saturated carbocycles. The highest BCUT2D eigenvalue weighted by molar-refractivity contribution is 7.90. The monoisotopic (exact) mass is 932 g/mol. The van der Waals surface area contributed by atoms with Gasteiger partial charge in [-0.3, -0.25) is 24.9 Å². The second-order valence-electron chi connectivity index (χ2n) is 16.3. The summed E-state index contributed by atoms with van der Waals surface area (Å²) in [6.07, 6.45) is 4.48. The van der Waals surface area contributed by atoms with E-state index >= 15 is 0 Å². The van der Waals surface area contributed by atoms with Crippen molar-refractivity contribution in [2.24, 2.45) is 0 Å². The minimum absolute atomic E-state index is 0.0475. The summed E-state index contributed by atoms with van der Waals surface area (Å²) in [4.78, 5) is 23.1. The number of para-hydroxylation sites is 1. The zero-order valence-corrected chi connectivity index (χ0v) is 39.6. The molecule has 10 aromatic rings. The lowest BCUT2D eigenvalue weighted by Gasteiger charge is -2.06. The molecule has 5 N–H and O–H groups in total. The number of anilines is 2. The predicted octanol–water partition coefficient (Wildman–Crippen LogP) is 11.9. The molecule has 0 aliphatic heterocycles. The fourth-order valence-corrected chi connectivity index (χ4v) is 9.22. The van der Waals surface area contributed by atoms with Crippen molar-refractivity contribution in [1.29, 1.82) is 0 Å². The number of ketones is 1. The van der Waals surface area contributed by atoms with Crippen molar-refractivity contribution in [3.8, 4) is 33.8 Å². The number of sulfone groups is 1. The molecule has 346 valence electrons. The molecule has 0 radical (unpaired) electrons. The third-order valence-corrected chi connectivity index (χ3v) is 13.2. The van der Waals surface area contributed by atoms with Crippen molar-refractivity contribution in [1.82, 2.24) is 30.6 Å². The number of rotatable bonds is 12. The maximum Gasteiger partial charge on any atom is 0.248 e. The van der Waals surface area contributed by atoms with Crippen LogP contribution in [0, 0.1) is 0 Å². The van der Waals surface area contributed by atoms with Crippen LogP contribution in [0.25, 0.3) is 66.5 Å². The predicted molar refractivity (Wildman–Crippen MR) is 279 cm³/mol. The Morgan fingerprint density at radius 3 is 1.65 bits per heavy atom. The molecule has 0 aliphatic rings. The molecule has 0 unspecified atom stereocenters. The Hall–Kier alpha value is -8.42. The highest BCUT2D eigenvalue weighted by Crippen LogP contribution is 2.31. The third kappa shape index (κ3) is 11.4. The van der Waals surface area contributed by atoms with E-state index in [0.29, 0.717) is 10.6 Å². The lowest BCUT2D eigenvalue weighted by molar-refractivity contribution is -0.114. The first-order valence-corrected chi connectivity index (χ1v) is 24.3. The van der Waals surface area contributed by atoms with Crippen LogP contribution in [0.15, 0.2) is 181 Å². The zero-order chi connectivity index (χ0) is 48.3. The van der Waals surface area contributed by atoms with Gasteiger partial charge in [-0.1, -0.05) is 105 Å². The van der Waals surface area contributed by atoms with Crippen molar-refractivity contribution >= 4 is 65.6 Å². The number of allylic oxidation sites excluding steroid dienone is 1. The van der Waals surface area contributed by atoms with E-state index in [1.165, 1.54) is 41.2 Å². The molecule has 1 amide bonds. The standard InChI is InChI=1S/C21H19N3O2S.C20H19N3O2.C15H14N2/c1-22-17-7-5-6-16(13-17)21-19-12-15(10-11-20(19)23-24-21)14-27(25,26)18-8-3-2-4-9-18;1-3-14-8-9-18-17(11-14)20(23-22-18)15-5-4-6-16(12-15)21-19(25)10-7-13(2)24;1-2-11-6-5-7-12(10-11)15-13-8-3-4-9-14(13)16-17-15/h2-13,22H,14H2,1H3,(H,23,24);4-12H,3H2,1-2H3,(H,21,25)(H,22,23);3-10H,2H2,1H3,(H,16,17)/b;10-7-;. The molecule has 7 aromatic carbocycles. The lowest BCUT2D eigenvalue weighted by Crippen LogP contribution is -2.08. The first kappa shape index (κ1) is 47.1. The minimum Gasteiger partial charge on any atom is -0.388 e. The maximum absolute atomic E-state index is 12.7. The summed E-state index contributed by atoms with van der Waals surface area (Å²) in [6, 6.07) is 52.6. The Balaban J connectivity index is 0.000000143. The van der Waals surface area contributed by atoms with E-state index in [-0.39, 0.29) is 17.4 Å². The van der Waals surface area contributed by atoms with E-state index in [1.807, 2.05) is 92.0 Å². The van der Waals surface area contributed by atoms with E-state index < -0.39 is 9.84 Å². The van der Waals surface area contributed by atoms with E-state index in [2.05, 4.69) is 104 Å². The van der Waals surface area contributed by atoms with Crippen LogP contribution in [-0.2, 0) is 38.0 Å². The second-order valence-corrected chi connectivity index (χ2v) is 18.3. The Morgan fingerprint density at radius 2 is 1.03 bits per heavy atom. The first-order valence-electron chi connectivity index (χ1n) is 22.6. The van der Waals surface area contributed by atoms with Gasteiger partial charge >= 0.3 is 0 Å². The van der Waals surface area contributed by atoms with Gasteiger partial charge in [0.25, 0.3) is 0 Å². The van der Waals surface area contributed by atoms with Crippen molar-refractivity contribution in [2.75, 3.05) is 17.7 Å². The molecule has 10 rings (SSSR count). The summed E-state index contributed by atoms with van der Waals surface area (Å²) >= 11 is 0. The molecule has 12 nitrogen and oxygen atoms in total. The van der Waals surface area contributed by atoms with Gasteiger partial charge in [0, 0.05) is 57.3 Å². The number of hydrogen-bond donors (Lipinski definition) is 5. The van der Waals surface area contributed by atoms with E-state index in [9.17, 15) is 18.0 Å². The number of H-pyrrole nitrogens is 3. The highest BCUT2D eigenvalue weighted by atomic mass is 32.2.